The average molecular weight is 398 g/mol. The van der Waals surface area contributed by atoms with E-state index < -0.39 is 11.9 Å². The largest absolute Gasteiger partial charge is 0.493 e. The minimum absolute atomic E-state index is 0.103. The summed E-state index contributed by atoms with van der Waals surface area (Å²) < 4.78 is 32.0. The molecule has 0 radical (unpaired) electrons. The van der Waals surface area contributed by atoms with Gasteiger partial charge in [0.15, 0.2) is 23.0 Å². The van der Waals surface area contributed by atoms with Gasteiger partial charge in [-0.25, -0.2) is 9.59 Å². The second-order valence-corrected chi connectivity index (χ2v) is 6.20. The zero-order chi connectivity index (χ0) is 20.5. The Balaban J connectivity index is 1.91. The molecular formula is C21H18O8. The number of hydrogen-bond donors (Lipinski definition) is 0. The van der Waals surface area contributed by atoms with E-state index >= 15 is 0 Å². The number of cyclic esters (lactones) is 2. The smallest absolute Gasteiger partial charge is 0.347 e. The number of carbonyl (C=O) groups excluding carboxylic acids is 2. The zero-order valence-electron chi connectivity index (χ0n) is 16.1. The van der Waals surface area contributed by atoms with Crippen LogP contribution in [0.1, 0.15) is 11.1 Å². The molecule has 0 saturated heterocycles. The summed E-state index contributed by atoms with van der Waals surface area (Å²) in [6.07, 6.45) is 0. The zero-order valence-corrected chi connectivity index (χ0v) is 16.1. The minimum atomic E-state index is -0.755. The Morgan fingerprint density at radius 3 is 1.90 bits per heavy atom. The number of carbonyl (C=O) groups is 2. The van der Waals surface area contributed by atoms with Crippen molar-refractivity contribution in [2.45, 2.75) is 0 Å². The number of esters is 2. The molecule has 2 aromatic rings. The van der Waals surface area contributed by atoms with E-state index in [1.165, 1.54) is 21.3 Å². The second kappa shape index (κ2) is 7.38. The summed E-state index contributed by atoms with van der Waals surface area (Å²) in [5.74, 6) is 0.652. The van der Waals surface area contributed by atoms with E-state index in [1.54, 1.807) is 30.3 Å². The van der Waals surface area contributed by atoms with Crippen LogP contribution in [0.5, 0.6) is 28.7 Å². The molecule has 2 heterocycles. The van der Waals surface area contributed by atoms with Crippen LogP contribution in [0, 0.1) is 0 Å². The molecule has 0 unspecified atom stereocenters. The number of benzene rings is 2. The molecule has 0 aromatic heterocycles. The molecule has 0 fully saturated rings. The monoisotopic (exact) mass is 398 g/mol. The lowest BCUT2D eigenvalue weighted by Gasteiger charge is -2.19. The van der Waals surface area contributed by atoms with E-state index in [1.807, 2.05) is 0 Å². The molecule has 2 aromatic carbocycles. The van der Waals surface area contributed by atoms with E-state index in [0.717, 1.165) is 0 Å². The van der Waals surface area contributed by atoms with Crippen LogP contribution in [0.15, 0.2) is 30.3 Å². The molecule has 4 rings (SSSR count). The van der Waals surface area contributed by atoms with Crippen molar-refractivity contribution in [3.05, 3.63) is 41.5 Å². The maximum absolute atomic E-state index is 12.5. The fourth-order valence-corrected chi connectivity index (χ4v) is 3.34. The van der Waals surface area contributed by atoms with Crippen molar-refractivity contribution in [1.82, 2.24) is 0 Å². The molecule has 150 valence electrons. The predicted molar refractivity (Wildman–Crippen MR) is 101 cm³/mol. The van der Waals surface area contributed by atoms with Crippen LogP contribution in [-0.2, 0) is 14.3 Å². The molecule has 2 aliphatic heterocycles. The summed E-state index contributed by atoms with van der Waals surface area (Å²) in [5.41, 5.74) is 1.11. The summed E-state index contributed by atoms with van der Waals surface area (Å²) in [5, 5.41) is 0. The van der Waals surface area contributed by atoms with Gasteiger partial charge >= 0.3 is 11.9 Å². The predicted octanol–water partition coefficient (Wildman–Crippen LogP) is 2.48. The Morgan fingerprint density at radius 2 is 1.31 bits per heavy atom. The van der Waals surface area contributed by atoms with Gasteiger partial charge in [-0.1, -0.05) is 6.07 Å². The van der Waals surface area contributed by atoms with Gasteiger partial charge < -0.3 is 28.4 Å². The van der Waals surface area contributed by atoms with E-state index in [9.17, 15) is 9.59 Å². The maximum atomic E-state index is 12.5. The Morgan fingerprint density at radius 1 is 0.724 bits per heavy atom. The first-order chi connectivity index (χ1) is 14.1. The van der Waals surface area contributed by atoms with Gasteiger partial charge in [-0.05, 0) is 35.4 Å². The van der Waals surface area contributed by atoms with Crippen molar-refractivity contribution < 1.29 is 38.0 Å². The van der Waals surface area contributed by atoms with Crippen molar-refractivity contribution in [2.75, 3.05) is 34.5 Å². The minimum Gasteiger partial charge on any atom is -0.493 e. The van der Waals surface area contributed by atoms with Crippen molar-refractivity contribution in [2.24, 2.45) is 0 Å². The lowest BCUT2D eigenvalue weighted by molar-refractivity contribution is -0.149. The van der Waals surface area contributed by atoms with Gasteiger partial charge in [0, 0.05) is 0 Å². The molecule has 8 heteroatoms. The third-order valence-corrected chi connectivity index (χ3v) is 4.63. The Hall–Kier alpha value is -3.68. The van der Waals surface area contributed by atoms with Crippen molar-refractivity contribution in [3.63, 3.8) is 0 Å². The van der Waals surface area contributed by atoms with Crippen LogP contribution >= 0.6 is 0 Å². The van der Waals surface area contributed by atoms with Crippen LogP contribution in [0.3, 0.4) is 0 Å². The number of fused-ring (bicyclic) bond motifs is 1. The summed E-state index contributed by atoms with van der Waals surface area (Å²) in [6, 6.07) is 8.21. The van der Waals surface area contributed by atoms with Gasteiger partial charge in [0.2, 0.25) is 5.75 Å². The second-order valence-electron chi connectivity index (χ2n) is 6.20. The highest BCUT2D eigenvalue weighted by Gasteiger charge is 2.36. The van der Waals surface area contributed by atoms with Crippen LogP contribution in [0.2, 0.25) is 0 Å². The highest BCUT2D eigenvalue weighted by Crippen LogP contribution is 2.44. The molecule has 29 heavy (non-hydrogen) atoms. The van der Waals surface area contributed by atoms with Gasteiger partial charge in [-0.3, -0.25) is 0 Å². The number of methoxy groups -OCH3 is 3. The molecule has 2 aliphatic rings. The fraction of sp³-hybridized carbons (Fsp3) is 0.238. The van der Waals surface area contributed by atoms with Gasteiger partial charge in [-0.15, -0.1) is 0 Å². The molecule has 0 aliphatic carbocycles. The Bertz CT molecular complexity index is 1010. The topological polar surface area (TPSA) is 89.5 Å². The van der Waals surface area contributed by atoms with E-state index in [-0.39, 0.29) is 11.1 Å². The highest BCUT2D eigenvalue weighted by molar-refractivity contribution is 6.45. The van der Waals surface area contributed by atoms with Crippen LogP contribution < -0.4 is 23.7 Å². The van der Waals surface area contributed by atoms with E-state index in [4.69, 9.17) is 28.4 Å². The molecule has 8 nitrogen and oxygen atoms in total. The number of rotatable bonds is 5. The Labute approximate surface area is 166 Å². The molecule has 0 saturated carbocycles. The molecule has 0 amide bonds. The van der Waals surface area contributed by atoms with Gasteiger partial charge in [0.05, 0.1) is 32.5 Å². The molecule has 0 bridgehead atoms. The number of hydrogen-bond acceptors (Lipinski definition) is 8. The van der Waals surface area contributed by atoms with Gasteiger partial charge in [-0.2, -0.15) is 0 Å². The van der Waals surface area contributed by atoms with Crippen LogP contribution in [0.4, 0.5) is 0 Å². The molecule has 0 N–H and O–H groups in total. The van der Waals surface area contributed by atoms with Crippen molar-refractivity contribution in [3.8, 4) is 28.7 Å². The SMILES string of the molecule is COc1cc(C2=C(c3ccc4c(c3)OCCO4)C(=O)OC2=O)cc(OC)c1OC. The molecule has 0 spiro atoms. The fourth-order valence-electron chi connectivity index (χ4n) is 3.34. The first-order valence-electron chi connectivity index (χ1n) is 8.78. The summed E-state index contributed by atoms with van der Waals surface area (Å²) in [6.45, 7) is 0.852. The Kier molecular flexibility index (Phi) is 4.75. The van der Waals surface area contributed by atoms with Gasteiger partial charge in [0.1, 0.15) is 13.2 Å². The summed E-state index contributed by atoms with van der Waals surface area (Å²) in [7, 11) is 4.41. The first-order valence-corrected chi connectivity index (χ1v) is 8.78. The standard InChI is InChI=1S/C21H18O8/c1-24-15-9-12(10-16(25-2)19(15)26-3)18-17(20(22)29-21(18)23)11-4-5-13-14(8-11)28-7-6-27-13/h4-5,8-10H,6-7H2,1-3H3. The van der Waals surface area contributed by atoms with E-state index in [2.05, 4.69) is 0 Å². The van der Waals surface area contributed by atoms with Crippen molar-refractivity contribution in [1.29, 1.82) is 0 Å². The quantitative estimate of drug-likeness (QED) is 0.561. The lowest BCUT2D eigenvalue weighted by Crippen LogP contribution is -2.15. The third-order valence-electron chi connectivity index (χ3n) is 4.63. The lowest BCUT2D eigenvalue weighted by atomic mass is 9.95. The molecule has 0 atom stereocenters. The average Bonchev–Trinajstić information content (AvgIpc) is 3.05. The molecular weight excluding hydrogens is 380 g/mol. The summed E-state index contributed by atoms with van der Waals surface area (Å²) in [4.78, 5) is 25.1. The summed E-state index contributed by atoms with van der Waals surface area (Å²) >= 11 is 0. The normalized spacial score (nSPS) is 15.3. The number of ether oxygens (including phenoxy) is 6. The van der Waals surface area contributed by atoms with Crippen LogP contribution in [-0.4, -0.2) is 46.5 Å². The van der Waals surface area contributed by atoms with Crippen molar-refractivity contribution >= 4 is 23.1 Å². The maximum Gasteiger partial charge on any atom is 0.347 e. The highest BCUT2D eigenvalue weighted by atomic mass is 16.6. The van der Waals surface area contributed by atoms with Gasteiger partial charge in [0.25, 0.3) is 0 Å². The van der Waals surface area contributed by atoms with E-state index in [0.29, 0.717) is 53.1 Å². The van der Waals surface area contributed by atoms with Crippen LogP contribution in [0.25, 0.3) is 11.1 Å². The third kappa shape index (κ3) is 3.12. The first kappa shape index (κ1) is 18.7.